The molecule has 9 aromatic rings. The molecular formula is C42H25N3OS. The second-order valence-electron chi connectivity index (χ2n) is 11.8. The quantitative estimate of drug-likeness (QED) is 0.197. The predicted molar refractivity (Wildman–Crippen MR) is 196 cm³/mol. The topological polar surface area (TPSA) is 38.2 Å². The number of nitrogens with zero attached hydrogens (tertiary/aromatic N) is 3. The van der Waals surface area contributed by atoms with Crippen molar-refractivity contribution >= 4 is 70.5 Å². The first-order valence-corrected chi connectivity index (χ1v) is 16.5. The molecule has 0 radical (unpaired) electrons. The Morgan fingerprint density at radius 3 is 2.00 bits per heavy atom. The number of para-hydroxylation sites is 3. The van der Waals surface area contributed by atoms with Crippen LogP contribution in [0.4, 0.5) is 17.3 Å². The van der Waals surface area contributed by atoms with Gasteiger partial charge in [0.15, 0.2) is 11.5 Å². The van der Waals surface area contributed by atoms with Crippen molar-refractivity contribution in [2.45, 2.75) is 0 Å². The molecule has 47 heavy (non-hydrogen) atoms. The fourth-order valence-electron chi connectivity index (χ4n) is 6.92. The zero-order valence-electron chi connectivity index (χ0n) is 25.1. The Hall–Kier alpha value is -6.04. The van der Waals surface area contributed by atoms with Crippen molar-refractivity contribution in [3.63, 3.8) is 0 Å². The molecule has 0 bridgehead atoms. The Morgan fingerprint density at radius 1 is 0.511 bits per heavy atom. The highest BCUT2D eigenvalue weighted by Gasteiger charge is 2.33. The zero-order chi connectivity index (χ0) is 30.9. The molecule has 4 nitrogen and oxygen atoms in total. The van der Waals surface area contributed by atoms with Gasteiger partial charge in [0.2, 0.25) is 5.95 Å². The van der Waals surface area contributed by atoms with E-state index in [4.69, 9.17) is 14.7 Å². The molecule has 0 amide bonds. The molecule has 0 aliphatic carbocycles. The Labute approximate surface area is 274 Å². The number of aromatic nitrogens is 2. The van der Waals surface area contributed by atoms with E-state index >= 15 is 0 Å². The van der Waals surface area contributed by atoms with E-state index in [1.165, 1.54) is 32.0 Å². The lowest BCUT2D eigenvalue weighted by Crippen LogP contribution is -2.19. The van der Waals surface area contributed by atoms with E-state index in [1.54, 1.807) is 11.3 Å². The van der Waals surface area contributed by atoms with Gasteiger partial charge in [-0.25, -0.2) is 9.97 Å². The maximum Gasteiger partial charge on any atom is 0.236 e. The minimum atomic E-state index is 0.608. The molecule has 0 saturated heterocycles. The van der Waals surface area contributed by atoms with E-state index in [9.17, 15) is 0 Å². The molecule has 10 rings (SSSR count). The van der Waals surface area contributed by atoms with Crippen LogP contribution in [0.2, 0.25) is 0 Å². The first kappa shape index (κ1) is 26.2. The van der Waals surface area contributed by atoms with E-state index in [-0.39, 0.29) is 0 Å². The lowest BCUT2D eigenvalue weighted by Gasteiger charge is -2.33. The number of fused-ring (bicyclic) bond motifs is 10. The third kappa shape index (κ3) is 4.00. The first-order valence-electron chi connectivity index (χ1n) is 15.7. The molecule has 0 N–H and O–H groups in total. The van der Waals surface area contributed by atoms with Crippen LogP contribution in [0.15, 0.2) is 152 Å². The van der Waals surface area contributed by atoms with Crippen LogP contribution < -0.4 is 9.64 Å². The van der Waals surface area contributed by atoms with Gasteiger partial charge in [-0.05, 0) is 40.8 Å². The summed E-state index contributed by atoms with van der Waals surface area (Å²) in [7, 11) is 0. The van der Waals surface area contributed by atoms with Gasteiger partial charge in [-0.15, -0.1) is 11.3 Å². The molecule has 0 atom stereocenters. The van der Waals surface area contributed by atoms with Gasteiger partial charge in [0.25, 0.3) is 0 Å². The molecule has 3 heterocycles. The summed E-state index contributed by atoms with van der Waals surface area (Å²) in [4.78, 5) is 12.9. The van der Waals surface area contributed by atoms with Gasteiger partial charge in [-0.1, -0.05) is 127 Å². The van der Waals surface area contributed by atoms with E-state index in [0.717, 1.165) is 55.1 Å². The average molecular weight is 620 g/mol. The molecule has 0 fully saturated rings. The van der Waals surface area contributed by atoms with Gasteiger partial charge in [0.1, 0.15) is 5.69 Å². The Morgan fingerprint density at radius 2 is 1.15 bits per heavy atom. The van der Waals surface area contributed by atoms with Crippen molar-refractivity contribution in [2.75, 3.05) is 4.90 Å². The molecular weight excluding hydrogens is 595 g/mol. The van der Waals surface area contributed by atoms with Crippen molar-refractivity contribution in [3.8, 4) is 33.9 Å². The highest BCUT2D eigenvalue weighted by molar-refractivity contribution is 7.26. The zero-order valence-corrected chi connectivity index (χ0v) is 25.9. The Bertz CT molecular complexity index is 2660. The predicted octanol–water partition coefficient (Wildman–Crippen LogP) is 12.1. The molecule has 1 aliphatic heterocycles. The van der Waals surface area contributed by atoms with Crippen LogP contribution in [-0.4, -0.2) is 9.97 Å². The summed E-state index contributed by atoms with van der Waals surface area (Å²) in [5.74, 6) is 2.21. The normalized spacial score (nSPS) is 12.4. The second kappa shape index (κ2) is 10.2. The van der Waals surface area contributed by atoms with Crippen molar-refractivity contribution in [1.82, 2.24) is 9.97 Å². The number of ether oxygens (including phenoxy) is 1. The lowest BCUT2D eigenvalue weighted by atomic mass is 9.99. The minimum absolute atomic E-state index is 0.608. The highest BCUT2D eigenvalue weighted by atomic mass is 32.1. The third-order valence-electron chi connectivity index (χ3n) is 9.07. The van der Waals surface area contributed by atoms with Gasteiger partial charge in [0.05, 0.1) is 21.6 Å². The van der Waals surface area contributed by atoms with Gasteiger partial charge < -0.3 is 4.74 Å². The molecule has 7 aromatic carbocycles. The summed E-state index contributed by atoms with van der Waals surface area (Å²) in [5, 5.41) is 5.72. The summed E-state index contributed by atoms with van der Waals surface area (Å²) in [5.41, 5.74) is 7.06. The maximum atomic E-state index is 6.81. The van der Waals surface area contributed by atoms with Crippen LogP contribution in [0.5, 0.6) is 11.5 Å². The summed E-state index contributed by atoms with van der Waals surface area (Å²) in [6.07, 6.45) is 0. The van der Waals surface area contributed by atoms with Crippen molar-refractivity contribution in [1.29, 1.82) is 0 Å². The molecule has 220 valence electrons. The third-order valence-corrected chi connectivity index (χ3v) is 10.2. The van der Waals surface area contributed by atoms with Crippen molar-refractivity contribution < 1.29 is 4.74 Å². The lowest BCUT2D eigenvalue weighted by molar-refractivity contribution is 0.483. The number of hydrogen-bond donors (Lipinski definition) is 0. The van der Waals surface area contributed by atoms with Gasteiger partial charge in [0, 0.05) is 31.8 Å². The number of rotatable bonds is 3. The smallest absolute Gasteiger partial charge is 0.236 e. The molecule has 0 saturated carbocycles. The highest BCUT2D eigenvalue weighted by Crippen LogP contribution is 2.58. The van der Waals surface area contributed by atoms with E-state index < -0.39 is 0 Å². The summed E-state index contributed by atoms with van der Waals surface area (Å²) in [6.45, 7) is 0. The van der Waals surface area contributed by atoms with Crippen LogP contribution in [0.1, 0.15) is 0 Å². The minimum Gasteiger partial charge on any atom is -0.452 e. The van der Waals surface area contributed by atoms with Crippen molar-refractivity contribution in [3.05, 3.63) is 152 Å². The fourth-order valence-corrected chi connectivity index (χ4v) is 8.17. The average Bonchev–Trinajstić information content (AvgIpc) is 3.54. The first-order chi connectivity index (χ1) is 23.3. The number of anilines is 3. The van der Waals surface area contributed by atoms with Crippen molar-refractivity contribution in [2.24, 2.45) is 0 Å². The van der Waals surface area contributed by atoms with Crippen LogP contribution in [0.3, 0.4) is 0 Å². The molecule has 1 aliphatic rings. The van der Waals surface area contributed by atoms with Crippen LogP contribution >= 0.6 is 11.3 Å². The number of hydrogen-bond acceptors (Lipinski definition) is 5. The standard InChI is InChI=1S/C42H25N3OS/c1-2-12-26(13-3-1)27-22-24-28(25-23-27)38-31-16-6-8-18-33(31)43-42(44-38)45-34-19-9-10-20-35(34)46-40-30-15-5-4-14-29(30)37-32-17-7-11-21-36(32)47-41(37)39(40)45/h1-25H. The van der Waals surface area contributed by atoms with E-state index in [2.05, 4.69) is 126 Å². The maximum absolute atomic E-state index is 6.81. The van der Waals surface area contributed by atoms with E-state index in [1.807, 2.05) is 30.3 Å². The summed E-state index contributed by atoms with van der Waals surface area (Å²) >= 11 is 1.79. The summed E-state index contributed by atoms with van der Waals surface area (Å²) in [6, 6.07) is 52.8. The SMILES string of the molecule is c1ccc(-c2ccc(-c3nc(N4c5ccccc5Oc5c4c4sc6ccccc6c4c4ccccc54)nc4ccccc34)cc2)cc1. The number of thiophene rings is 1. The molecule has 5 heteroatoms. The van der Waals surface area contributed by atoms with Gasteiger partial charge >= 0.3 is 0 Å². The van der Waals surface area contributed by atoms with Crippen LogP contribution in [0, 0.1) is 0 Å². The van der Waals surface area contributed by atoms with E-state index in [0.29, 0.717) is 5.95 Å². The van der Waals surface area contributed by atoms with Crippen LogP contribution in [-0.2, 0) is 0 Å². The van der Waals surface area contributed by atoms with Gasteiger partial charge in [-0.2, -0.15) is 0 Å². The second-order valence-corrected chi connectivity index (χ2v) is 12.8. The molecule has 0 spiro atoms. The Kier molecular flexibility index (Phi) is 5.71. The molecule has 0 unspecified atom stereocenters. The Balaban J connectivity index is 1.27. The number of benzene rings is 7. The molecule has 2 aromatic heterocycles. The fraction of sp³-hybridized carbons (Fsp3) is 0. The summed E-state index contributed by atoms with van der Waals surface area (Å²) < 4.78 is 9.20. The van der Waals surface area contributed by atoms with Gasteiger partial charge in [-0.3, -0.25) is 4.90 Å². The monoisotopic (exact) mass is 619 g/mol. The van der Waals surface area contributed by atoms with Crippen LogP contribution in [0.25, 0.3) is 64.2 Å². The largest absolute Gasteiger partial charge is 0.452 e.